The number of halogens is 1. The maximum atomic E-state index is 12.3. The molecule has 22 heavy (non-hydrogen) atoms. The molecule has 1 heterocycles. The molecule has 0 aromatic heterocycles. The van der Waals surface area contributed by atoms with E-state index in [4.69, 9.17) is 0 Å². The number of anilines is 1. The first-order chi connectivity index (χ1) is 10.0. The minimum atomic E-state index is -3.50. The second kappa shape index (κ2) is 8.47. The predicted octanol–water partition coefficient (Wildman–Crippen LogP) is 1.49. The molecule has 1 aromatic rings. The molecule has 1 saturated heterocycles. The highest BCUT2D eigenvalue weighted by molar-refractivity contribution is 7.89. The minimum Gasteiger partial charge on any atom is -0.326 e. The summed E-state index contributed by atoms with van der Waals surface area (Å²) in [7, 11) is -3.50. The number of hydrogen-bond acceptors (Lipinski definition) is 4. The van der Waals surface area contributed by atoms with Crippen LogP contribution in [0, 0.1) is 0 Å². The van der Waals surface area contributed by atoms with Gasteiger partial charge in [0.2, 0.25) is 15.9 Å². The van der Waals surface area contributed by atoms with Crippen molar-refractivity contribution in [2.75, 3.05) is 18.4 Å². The average molecular weight is 348 g/mol. The van der Waals surface area contributed by atoms with E-state index < -0.39 is 10.0 Å². The van der Waals surface area contributed by atoms with E-state index in [1.54, 1.807) is 19.1 Å². The van der Waals surface area contributed by atoms with Gasteiger partial charge >= 0.3 is 0 Å². The van der Waals surface area contributed by atoms with Crippen LogP contribution in [-0.2, 0) is 14.8 Å². The Kier molecular flexibility index (Phi) is 7.28. The summed E-state index contributed by atoms with van der Waals surface area (Å²) in [5, 5.41) is 5.89. The molecule has 0 bridgehead atoms. The van der Waals surface area contributed by atoms with Crippen molar-refractivity contribution >= 4 is 34.0 Å². The van der Waals surface area contributed by atoms with Gasteiger partial charge in [0, 0.05) is 18.2 Å². The first-order valence-corrected chi connectivity index (χ1v) is 8.62. The summed E-state index contributed by atoms with van der Waals surface area (Å²) in [4.78, 5) is 11.5. The number of nitrogens with one attached hydrogen (secondary N) is 3. The number of carbonyl (C=O) groups is 1. The van der Waals surface area contributed by atoms with Crippen LogP contribution in [0.4, 0.5) is 5.69 Å². The number of hydrogen-bond donors (Lipinski definition) is 3. The summed E-state index contributed by atoms with van der Waals surface area (Å²) in [5.74, 6) is -0.0987. The highest BCUT2D eigenvalue weighted by Crippen LogP contribution is 2.16. The summed E-state index contributed by atoms with van der Waals surface area (Å²) >= 11 is 0. The van der Waals surface area contributed by atoms with E-state index in [2.05, 4.69) is 15.4 Å². The zero-order chi connectivity index (χ0) is 15.3. The maximum absolute atomic E-state index is 12.3. The van der Waals surface area contributed by atoms with Gasteiger partial charge in [-0.25, -0.2) is 13.1 Å². The van der Waals surface area contributed by atoms with Gasteiger partial charge in [0.15, 0.2) is 0 Å². The zero-order valence-corrected chi connectivity index (χ0v) is 14.1. The van der Waals surface area contributed by atoms with Gasteiger partial charge in [0.05, 0.1) is 4.90 Å². The fraction of sp³-hybridized carbons (Fsp3) is 0.500. The fourth-order valence-corrected chi connectivity index (χ4v) is 3.50. The molecular formula is C14H22ClN3O3S. The zero-order valence-electron chi connectivity index (χ0n) is 12.5. The lowest BCUT2D eigenvalue weighted by Crippen LogP contribution is -2.42. The van der Waals surface area contributed by atoms with Gasteiger partial charge in [0.1, 0.15) is 0 Å². The van der Waals surface area contributed by atoms with Crippen LogP contribution in [0.3, 0.4) is 0 Å². The highest BCUT2D eigenvalue weighted by Gasteiger charge is 2.21. The summed E-state index contributed by atoms with van der Waals surface area (Å²) in [6.07, 6.45) is 1.98. The molecule has 1 amide bonds. The van der Waals surface area contributed by atoms with Gasteiger partial charge in [-0.2, -0.15) is 0 Å². The third kappa shape index (κ3) is 5.24. The molecule has 1 aromatic carbocycles. The van der Waals surface area contributed by atoms with Gasteiger partial charge in [-0.05, 0) is 50.2 Å². The Bertz CT molecular complexity index is 584. The van der Waals surface area contributed by atoms with Crippen molar-refractivity contribution in [3.05, 3.63) is 24.3 Å². The van der Waals surface area contributed by atoms with E-state index in [1.165, 1.54) is 12.1 Å². The lowest BCUT2D eigenvalue weighted by molar-refractivity contribution is -0.115. The molecular weight excluding hydrogens is 326 g/mol. The molecule has 2 rings (SSSR count). The monoisotopic (exact) mass is 347 g/mol. The predicted molar refractivity (Wildman–Crippen MR) is 88.8 cm³/mol. The fourth-order valence-electron chi connectivity index (χ4n) is 2.19. The van der Waals surface area contributed by atoms with E-state index in [9.17, 15) is 13.2 Å². The molecule has 6 nitrogen and oxygen atoms in total. The van der Waals surface area contributed by atoms with Crippen LogP contribution in [-0.4, -0.2) is 33.5 Å². The van der Waals surface area contributed by atoms with Crippen molar-refractivity contribution in [1.82, 2.24) is 10.0 Å². The third-order valence-electron chi connectivity index (χ3n) is 3.43. The molecule has 1 fully saturated rings. The Labute approximate surface area is 137 Å². The van der Waals surface area contributed by atoms with Crippen molar-refractivity contribution in [2.24, 2.45) is 0 Å². The molecule has 8 heteroatoms. The number of benzene rings is 1. The first kappa shape index (κ1) is 18.9. The highest BCUT2D eigenvalue weighted by atomic mass is 35.5. The summed E-state index contributed by atoms with van der Waals surface area (Å²) in [6.45, 7) is 3.42. The van der Waals surface area contributed by atoms with Crippen LogP contribution >= 0.6 is 12.4 Å². The average Bonchev–Trinajstić information content (AvgIpc) is 2.48. The number of sulfonamides is 1. The summed E-state index contributed by atoms with van der Waals surface area (Å²) < 4.78 is 27.3. The molecule has 1 aliphatic rings. The number of amides is 1. The Morgan fingerprint density at radius 1 is 1.23 bits per heavy atom. The van der Waals surface area contributed by atoms with Crippen molar-refractivity contribution in [2.45, 2.75) is 37.1 Å². The van der Waals surface area contributed by atoms with Gasteiger partial charge in [-0.15, -0.1) is 12.4 Å². The van der Waals surface area contributed by atoms with E-state index >= 15 is 0 Å². The lowest BCUT2D eigenvalue weighted by atomic mass is 10.1. The van der Waals surface area contributed by atoms with Crippen LogP contribution in [0.25, 0.3) is 0 Å². The van der Waals surface area contributed by atoms with E-state index in [0.717, 1.165) is 25.9 Å². The Morgan fingerprint density at radius 3 is 2.36 bits per heavy atom. The molecule has 0 radical (unpaired) electrons. The van der Waals surface area contributed by atoms with Gasteiger partial charge in [0.25, 0.3) is 0 Å². The van der Waals surface area contributed by atoms with E-state index in [-0.39, 0.29) is 29.3 Å². The number of piperidine rings is 1. The molecule has 3 N–H and O–H groups in total. The molecule has 0 saturated carbocycles. The van der Waals surface area contributed by atoms with Crippen molar-refractivity contribution < 1.29 is 13.2 Å². The van der Waals surface area contributed by atoms with Crippen LogP contribution in [0.5, 0.6) is 0 Å². The topological polar surface area (TPSA) is 87.3 Å². The Balaban J connectivity index is 0.00000242. The quantitative estimate of drug-likeness (QED) is 0.753. The van der Waals surface area contributed by atoms with E-state index in [1.807, 2.05) is 0 Å². The summed E-state index contributed by atoms with van der Waals surface area (Å²) in [5.41, 5.74) is 0.600. The van der Waals surface area contributed by atoms with Crippen LogP contribution in [0.15, 0.2) is 29.2 Å². The summed E-state index contributed by atoms with van der Waals surface area (Å²) in [6, 6.07) is 6.20. The van der Waals surface area contributed by atoms with Crippen molar-refractivity contribution in [3.8, 4) is 0 Å². The Morgan fingerprint density at radius 2 is 1.82 bits per heavy atom. The van der Waals surface area contributed by atoms with Gasteiger partial charge in [-0.3, -0.25) is 4.79 Å². The molecule has 0 spiro atoms. The normalized spacial score (nSPS) is 15.9. The molecule has 0 unspecified atom stereocenters. The number of rotatable bonds is 5. The van der Waals surface area contributed by atoms with Gasteiger partial charge in [-0.1, -0.05) is 6.92 Å². The Hall–Kier alpha value is -1.15. The maximum Gasteiger partial charge on any atom is 0.240 e. The molecule has 0 aliphatic carbocycles. The smallest absolute Gasteiger partial charge is 0.240 e. The molecule has 0 atom stereocenters. The molecule has 124 valence electrons. The van der Waals surface area contributed by atoms with Crippen molar-refractivity contribution in [1.29, 1.82) is 0 Å². The first-order valence-electron chi connectivity index (χ1n) is 7.14. The van der Waals surface area contributed by atoms with Crippen molar-refractivity contribution in [3.63, 3.8) is 0 Å². The van der Waals surface area contributed by atoms with Crippen LogP contribution < -0.4 is 15.4 Å². The lowest BCUT2D eigenvalue weighted by Gasteiger charge is -2.23. The third-order valence-corrected chi connectivity index (χ3v) is 4.97. The largest absolute Gasteiger partial charge is 0.326 e. The minimum absolute atomic E-state index is 0. The van der Waals surface area contributed by atoms with Crippen LogP contribution in [0.2, 0.25) is 0 Å². The standard InChI is InChI=1S/C14H21N3O3S.ClH/c1-2-14(18)16-11-3-5-13(6-4-11)21(19,20)17-12-7-9-15-10-8-12;/h3-6,12,15,17H,2,7-10H2,1H3,(H,16,18);1H. The van der Waals surface area contributed by atoms with Gasteiger partial charge < -0.3 is 10.6 Å². The number of carbonyl (C=O) groups excluding carboxylic acids is 1. The second-order valence-electron chi connectivity index (χ2n) is 5.07. The molecule has 1 aliphatic heterocycles. The SMILES string of the molecule is CCC(=O)Nc1ccc(S(=O)(=O)NC2CCNCC2)cc1.Cl. The second-order valence-corrected chi connectivity index (χ2v) is 6.79. The van der Waals surface area contributed by atoms with Crippen LogP contribution in [0.1, 0.15) is 26.2 Å². The van der Waals surface area contributed by atoms with E-state index in [0.29, 0.717) is 12.1 Å².